The van der Waals surface area contributed by atoms with E-state index in [2.05, 4.69) is 91.4 Å². The van der Waals surface area contributed by atoms with Gasteiger partial charge in [0.15, 0.2) is 0 Å². The summed E-state index contributed by atoms with van der Waals surface area (Å²) in [6, 6.07) is 6.09. The van der Waals surface area contributed by atoms with Crippen molar-refractivity contribution in [1.82, 2.24) is 4.98 Å². The second kappa shape index (κ2) is 13.1. The van der Waals surface area contributed by atoms with E-state index in [4.69, 9.17) is 15.7 Å². The van der Waals surface area contributed by atoms with E-state index in [1.165, 1.54) is 11.1 Å². The molecule has 5 rings (SSSR count). The predicted octanol–water partition coefficient (Wildman–Crippen LogP) is 8.00. The Labute approximate surface area is 243 Å². The number of allylic oxidation sites excluding steroid dienone is 20. The zero-order chi connectivity index (χ0) is 28.6. The van der Waals surface area contributed by atoms with Crippen LogP contribution in [0.1, 0.15) is 37.6 Å². The van der Waals surface area contributed by atoms with Gasteiger partial charge < -0.3 is 5.73 Å². The number of hydrogen-bond donors (Lipinski definition) is 1. The van der Waals surface area contributed by atoms with Crippen LogP contribution in [0.3, 0.4) is 0 Å². The van der Waals surface area contributed by atoms with Gasteiger partial charge in [-0.2, -0.15) is 0 Å². The molecule has 204 valence electrons. The third-order valence-electron chi connectivity index (χ3n) is 7.24. The molecule has 2 aliphatic carbocycles. The van der Waals surface area contributed by atoms with Crippen LogP contribution in [0.25, 0.3) is 0 Å². The summed E-state index contributed by atoms with van der Waals surface area (Å²) in [5.41, 5.74) is 18.2. The van der Waals surface area contributed by atoms with Crippen molar-refractivity contribution in [1.29, 1.82) is 0 Å². The maximum Gasteiger partial charge on any atom is 0.0968 e. The van der Waals surface area contributed by atoms with Gasteiger partial charge in [-0.05, 0) is 103 Å². The van der Waals surface area contributed by atoms with Gasteiger partial charge in [0.05, 0.1) is 11.4 Å². The summed E-state index contributed by atoms with van der Waals surface area (Å²) in [6.45, 7) is 9.11. The van der Waals surface area contributed by atoms with Gasteiger partial charge in [-0.15, -0.1) is 0 Å². The minimum atomic E-state index is 0.635. The van der Waals surface area contributed by atoms with E-state index in [-0.39, 0.29) is 0 Å². The highest BCUT2D eigenvalue weighted by atomic mass is 14.8. The van der Waals surface area contributed by atoms with Crippen LogP contribution in [0.15, 0.2) is 170 Å². The molecule has 0 fully saturated rings. The summed E-state index contributed by atoms with van der Waals surface area (Å²) in [6.07, 6.45) is 34.1. The molecule has 0 unspecified atom stereocenters. The van der Waals surface area contributed by atoms with E-state index in [9.17, 15) is 0 Å². The molecule has 3 heterocycles. The summed E-state index contributed by atoms with van der Waals surface area (Å²) < 4.78 is 0. The summed E-state index contributed by atoms with van der Waals surface area (Å²) in [5.74, 6) is 0. The van der Waals surface area contributed by atoms with Gasteiger partial charge in [0.2, 0.25) is 0 Å². The zero-order valence-electron chi connectivity index (χ0n) is 23.8. The number of nitrogens with two attached hydrogens (primary N) is 1. The molecule has 0 aromatic carbocycles. The van der Waals surface area contributed by atoms with E-state index >= 15 is 0 Å². The third-order valence-corrected chi connectivity index (χ3v) is 7.24. The molecule has 4 aliphatic rings. The van der Waals surface area contributed by atoms with Gasteiger partial charge in [0.25, 0.3) is 0 Å². The van der Waals surface area contributed by atoms with Gasteiger partial charge in [-0.1, -0.05) is 73.4 Å². The normalized spacial score (nSPS) is 22.8. The quantitative estimate of drug-likeness (QED) is 0.400. The number of fused-ring (bicyclic) bond motifs is 2. The highest BCUT2D eigenvalue weighted by Gasteiger charge is 2.20. The highest BCUT2D eigenvalue weighted by Crippen LogP contribution is 2.31. The summed E-state index contributed by atoms with van der Waals surface area (Å²) >= 11 is 0. The standard InChI is InChI=1S/C37H36N4/c1-4-30(33-18-16-28(19-20-38)24-39-25-33)23-32-12-8-11-31(17-15-26(32)2)35-22-29-10-5-6-13-34(21-29)41-37(35)36-14-7-9-27(3)40-36/h4-15,17-18,22-25H,2,16,19-21,38H2,1,3H3/b12-8+,17-15-,30-4+,31-11-,32-23-. The minimum Gasteiger partial charge on any atom is -0.330 e. The lowest BCUT2D eigenvalue weighted by Crippen LogP contribution is -2.10. The molecule has 2 N–H and O–H groups in total. The van der Waals surface area contributed by atoms with Crippen molar-refractivity contribution in [2.24, 2.45) is 15.7 Å². The molecule has 4 nitrogen and oxygen atoms in total. The van der Waals surface area contributed by atoms with Crippen molar-refractivity contribution in [3.8, 4) is 0 Å². The van der Waals surface area contributed by atoms with Crippen molar-refractivity contribution in [2.45, 2.75) is 33.1 Å². The maximum atomic E-state index is 5.75. The molecule has 1 aromatic heterocycles. The van der Waals surface area contributed by atoms with Crippen LogP contribution in [-0.2, 0) is 0 Å². The fourth-order valence-corrected chi connectivity index (χ4v) is 5.04. The Morgan fingerprint density at radius 3 is 2.78 bits per heavy atom. The van der Waals surface area contributed by atoms with E-state index in [1.807, 2.05) is 43.6 Å². The monoisotopic (exact) mass is 536 g/mol. The van der Waals surface area contributed by atoms with Crippen LogP contribution in [0.2, 0.25) is 0 Å². The van der Waals surface area contributed by atoms with Crippen LogP contribution < -0.4 is 5.73 Å². The third kappa shape index (κ3) is 6.92. The number of pyridine rings is 1. The molecule has 0 spiro atoms. The molecule has 2 aliphatic heterocycles. The lowest BCUT2D eigenvalue weighted by Gasteiger charge is -2.14. The smallest absolute Gasteiger partial charge is 0.0968 e. The minimum absolute atomic E-state index is 0.635. The van der Waals surface area contributed by atoms with Crippen LogP contribution in [0.5, 0.6) is 0 Å². The lowest BCUT2D eigenvalue weighted by molar-refractivity contribution is 0.916. The molecule has 0 saturated carbocycles. The number of nitrogens with zero attached hydrogens (tertiary/aromatic N) is 3. The second-order valence-electron chi connectivity index (χ2n) is 10.3. The first-order valence-corrected chi connectivity index (χ1v) is 14.1. The van der Waals surface area contributed by atoms with Crippen molar-refractivity contribution in [3.05, 3.63) is 172 Å². The van der Waals surface area contributed by atoms with Crippen molar-refractivity contribution in [3.63, 3.8) is 0 Å². The molecule has 2 bridgehead atoms. The Balaban J connectivity index is 1.49. The molecule has 4 heteroatoms. The fraction of sp³-hybridized carbons (Fsp3) is 0.162. The van der Waals surface area contributed by atoms with E-state index in [0.29, 0.717) is 6.54 Å². The molecule has 1 aromatic rings. The zero-order valence-corrected chi connectivity index (χ0v) is 23.8. The second-order valence-corrected chi connectivity index (χ2v) is 10.3. The average molecular weight is 537 g/mol. The average Bonchev–Trinajstić information content (AvgIpc) is 3.41. The van der Waals surface area contributed by atoms with Gasteiger partial charge in [0.1, 0.15) is 0 Å². The van der Waals surface area contributed by atoms with Crippen molar-refractivity contribution in [2.75, 3.05) is 6.54 Å². The van der Waals surface area contributed by atoms with Crippen molar-refractivity contribution < 1.29 is 0 Å². The Hall–Kier alpha value is -4.67. The van der Waals surface area contributed by atoms with Crippen LogP contribution >= 0.6 is 0 Å². The van der Waals surface area contributed by atoms with Crippen LogP contribution in [-0.4, -0.2) is 23.5 Å². The molecule has 41 heavy (non-hydrogen) atoms. The Morgan fingerprint density at radius 1 is 1.07 bits per heavy atom. The number of aromatic nitrogens is 1. The molecule has 0 amide bonds. The summed E-state index contributed by atoms with van der Waals surface area (Å²) in [7, 11) is 0. The first kappa shape index (κ1) is 27.9. The number of rotatable bonds is 6. The van der Waals surface area contributed by atoms with Gasteiger partial charge in [-0.3, -0.25) is 15.0 Å². The molecule has 0 saturated heterocycles. The van der Waals surface area contributed by atoms with Crippen LogP contribution in [0.4, 0.5) is 0 Å². The number of hydrogen-bond acceptors (Lipinski definition) is 4. The van der Waals surface area contributed by atoms with Gasteiger partial charge in [-0.25, -0.2) is 0 Å². The molecule has 0 radical (unpaired) electrons. The van der Waals surface area contributed by atoms with Crippen LogP contribution in [0, 0.1) is 6.92 Å². The maximum absolute atomic E-state index is 5.75. The molecular formula is C37H36N4. The Kier molecular flexibility index (Phi) is 8.92. The number of aliphatic imine (C=N–C) groups is 2. The van der Waals surface area contributed by atoms with E-state index < -0.39 is 0 Å². The first-order chi connectivity index (χ1) is 20.0. The Bertz CT molecular complexity index is 1650. The SMILES string of the molecule is C=C1\C=C/C(C2=CC3=CC=CC=C(C3)N=C2c2cccc(C)n2)=C/C=C/C1=C/C(=C\C)C1=CCC(CCN)=CN=C1. The number of aryl methyl sites for hydroxylation is 1. The van der Waals surface area contributed by atoms with Crippen molar-refractivity contribution >= 4 is 11.9 Å². The Morgan fingerprint density at radius 2 is 1.95 bits per heavy atom. The van der Waals surface area contributed by atoms with Gasteiger partial charge in [0, 0.05) is 35.8 Å². The fourth-order valence-electron chi connectivity index (χ4n) is 5.04. The lowest BCUT2D eigenvalue weighted by atomic mass is 9.92. The predicted molar refractivity (Wildman–Crippen MR) is 174 cm³/mol. The highest BCUT2D eigenvalue weighted by molar-refractivity contribution is 6.15. The molecule has 0 atom stereocenters. The van der Waals surface area contributed by atoms with E-state index in [0.717, 1.165) is 75.5 Å². The molecular weight excluding hydrogens is 500 g/mol. The largest absolute Gasteiger partial charge is 0.330 e. The topological polar surface area (TPSA) is 63.6 Å². The van der Waals surface area contributed by atoms with Gasteiger partial charge >= 0.3 is 0 Å². The summed E-state index contributed by atoms with van der Waals surface area (Å²) in [4.78, 5) is 14.5. The van der Waals surface area contributed by atoms with E-state index in [1.54, 1.807) is 0 Å². The summed E-state index contributed by atoms with van der Waals surface area (Å²) in [5, 5.41) is 0. The first-order valence-electron chi connectivity index (χ1n) is 14.1.